The van der Waals surface area contributed by atoms with E-state index in [-0.39, 0.29) is 22.0 Å². The molecule has 0 bridgehead atoms. The topological polar surface area (TPSA) is 106 Å². The van der Waals surface area contributed by atoms with Crippen molar-refractivity contribution >= 4 is 37.3 Å². The molecule has 0 heterocycles. The molecule has 0 spiro atoms. The lowest BCUT2D eigenvalue weighted by molar-refractivity contribution is 0.584. The van der Waals surface area contributed by atoms with Gasteiger partial charge < -0.3 is 5.73 Å². The highest BCUT2D eigenvalue weighted by atomic mass is 32.2. The summed E-state index contributed by atoms with van der Waals surface area (Å²) < 4.78 is 49.2. The van der Waals surface area contributed by atoms with Crippen molar-refractivity contribution in [2.45, 2.75) is 9.79 Å². The van der Waals surface area contributed by atoms with Crippen LogP contribution >= 0.6 is 11.8 Å². The van der Waals surface area contributed by atoms with Crippen molar-refractivity contribution in [3.05, 3.63) is 18.2 Å². The minimum atomic E-state index is -3.80. The molecule has 3 N–H and O–H groups in total. The summed E-state index contributed by atoms with van der Waals surface area (Å²) in [5.74, 6) is 0.616. The van der Waals surface area contributed by atoms with E-state index in [0.29, 0.717) is 5.75 Å². The van der Waals surface area contributed by atoms with Gasteiger partial charge in [-0.25, -0.2) is 21.6 Å². The third-order valence-corrected chi connectivity index (χ3v) is 5.54. The van der Waals surface area contributed by atoms with Gasteiger partial charge in [-0.1, -0.05) is 0 Å². The van der Waals surface area contributed by atoms with Gasteiger partial charge in [0.05, 0.1) is 10.6 Å². The summed E-state index contributed by atoms with van der Waals surface area (Å²) in [5, 5.41) is 0. The lowest BCUT2D eigenvalue weighted by atomic mass is 10.3. The van der Waals surface area contributed by atoms with Crippen LogP contribution in [-0.4, -0.2) is 41.6 Å². The van der Waals surface area contributed by atoms with Crippen molar-refractivity contribution in [3.63, 3.8) is 0 Å². The maximum atomic E-state index is 12.0. The average molecular weight is 324 g/mol. The Hall–Kier alpha value is -0.770. The quantitative estimate of drug-likeness (QED) is 0.576. The number of hydrogen-bond acceptors (Lipinski definition) is 6. The molecule has 0 radical (unpaired) electrons. The second kappa shape index (κ2) is 6.12. The van der Waals surface area contributed by atoms with Gasteiger partial charge in [-0.2, -0.15) is 11.8 Å². The van der Waals surface area contributed by atoms with E-state index in [2.05, 4.69) is 4.72 Å². The van der Waals surface area contributed by atoms with Crippen molar-refractivity contribution in [1.82, 2.24) is 4.72 Å². The lowest BCUT2D eigenvalue weighted by Gasteiger charge is -2.10. The van der Waals surface area contributed by atoms with Crippen LogP contribution in [0.25, 0.3) is 0 Å². The van der Waals surface area contributed by atoms with Crippen LogP contribution in [0.2, 0.25) is 0 Å². The fourth-order valence-electron chi connectivity index (χ4n) is 1.33. The van der Waals surface area contributed by atoms with Gasteiger partial charge in [0.1, 0.15) is 4.90 Å². The zero-order valence-electron chi connectivity index (χ0n) is 10.6. The number of sulfonamides is 1. The van der Waals surface area contributed by atoms with Gasteiger partial charge in [0.25, 0.3) is 0 Å². The summed E-state index contributed by atoms with van der Waals surface area (Å²) in [6.45, 7) is 0.256. The number of thioether (sulfide) groups is 1. The van der Waals surface area contributed by atoms with E-state index in [0.717, 1.165) is 12.3 Å². The van der Waals surface area contributed by atoms with Crippen LogP contribution in [0.5, 0.6) is 0 Å². The Morgan fingerprint density at radius 1 is 1.26 bits per heavy atom. The summed E-state index contributed by atoms with van der Waals surface area (Å²) in [7, 11) is -7.28. The lowest BCUT2D eigenvalue weighted by Crippen LogP contribution is -2.27. The molecule has 9 heteroatoms. The van der Waals surface area contributed by atoms with Gasteiger partial charge in [0.2, 0.25) is 10.0 Å². The predicted octanol–water partition coefficient (Wildman–Crippen LogP) is 0.314. The van der Waals surface area contributed by atoms with E-state index in [9.17, 15) is 16.8 Å². The van der Waals surface area contributed by atoms with Crippen LogP contribution in [0, 0.1) is 0 Å². The van der Waals surface area contributed by atoms with Crippen LogP contribution in [0.3, 0.4) is 0 Å². The maximum absolute atomic E-state index is 12.0. The van der Waals surface area contributed by atoms with E-state index in [1.807, 2.05) is 6.26 Å². The zero-order chi connectivity index (χ0) is 14.7. The largest absolute Gasteiger partial charge is 0.398 e. The van der Waals surface area contributed by atoms with E-state index in [4.69, 9.17) is 5.73 Å². The normalized spacial score (nSPS) is 12.5. The molecule has 0 fully saturated rings. The van der Waals surface area contributed by atoms with Gasteiger partial charge in [0, 0.05) is 18.6 Å². The second-order valence-corrected chi connectivity index (χ2v) is 8.60. The molecule has 0 aliphatic rings. The molecule has 0 saturated heterocycles. The van der Waals surface area contributed by atoms with Crippen molar-refractivity contribution in [1.29, 1.82) is 0 Å². The van der Waals surface area contributed by atoms with E-state index in [1.54, 1.807) is 0 Å². The first-order chi connectivity index (χ1) is 8.68. The van der Waals surface area contributed by atoms with Gasteiger partial charge >= 0.3 is 0 Å². The van der Waals surface area contributed by atoms with Crippen molar-refractivity contribution in [2.24, 2.45) is 0 Å². The number of sulfone groups is 1. The van der Waals surface area contributed by atoms with E-state index in [1.165, 1.54) is 23.9 Å². The first-order valence-corrected chi connectivity index (χ1v) is 10.0. The van der Waals surface area contributed by atoms with Crippen LogP contribution in [0.15, 0.2) is 28.0 Å². The number of nitrogens with two attached hydrogens (primary N) is 1. The van der Waals surface area contributed by atoms with Crippen molar-refractivity contribution < 1.29 is 16.8 Å². The predicted molar refractivity (Wildman–Crippen MR) is 77.5 cm³/mol. The number of nitrogens with one attached hydrogen (secondary N) is 1. The van der Waals surface area contributed by atoms with Crippen molar-refractivity contribution in [3.8, 4) is 0 Å². The van der Waals surface area contributed by atoms with E-state index < -0.39 is 19.9 Å². The van der Waals surface area contributed by atoms with Gasteiger partial charge in [0.15, 0.2) is 9.84 Å². The third-order valence-electron chi connectivity index (χ3n) is 2.30. The van der Waals surface area contributed by atoms with E-state index >= 15 is 0 Å². The Labute approximate surface area is 117 Å². The molecule has 0 saturated carbocycles. The SMILES string of the molecule is CSCCNS(=O)(=O)c1cc(S(C)(=O)=O)ccc1N. The van der Waals surface area contributed by atoms with Crippen LogP contribution in [0.1, 0.15) is 0 Å². The monoisotopic (exact) mass is 324 g/mol. The van der Waals surface area contributed by atoms with Gasteiger partial charge in [-0.3, -0.25) is 0 Å². The number of benzene rings is 1. The summed E-state index contributed by atoms with van der Waals surface area (Å²) in [6.07, 6.45) is 2.86. The second-order valence-electron chi connectivity index (χ2n) is 3.86. The number of hydrogen-bond donors (Lipinski definition) is 2. The first kappa shape index (κ1) is 16.3. The molecule has 6 nitrogen and oxygen atoms in total. The molecule has 0 aliphatic carbocycles. The summed E-state index contributed by atoms with van der Waals surface area (Å²) in [6, 6.07) is 3.64. The smallest absolute Gasteiger partial charge is 0.242 e. The minimum Gasteiger partial charge on any atom is -0.398 e. The summed E-state index contributed by atoms with van der Waals surface area (Å²) in [5.41, 5.74) is 5.62. The molecule has 0 unspecified atom stereocenters. The zero-order valence-corrected chi connectivity index (χ0v) is 13.0. The van der Waals surface area contributed by atoms with Gasteiger partial charge in [-0.05, 0) is 24.5 Å². The summed E-state index contributed by atoms with van der Waals surface area (Å²) in [4.78, 5) is -0.288. The summed E-state index contributed by atoms with van der Waals surface area (Å²) >= 11 is 1.50. The molecule has 108 valence electrons. The molecular weight excluding hydrogens is 308 g/mol. The van der Waals surface area contributed by atoms with Crippen LogP contribution < -0.4 is 10.5 Å². The molecule has 1 aromatic rings. The molecule has 0 amide bonds. The molecule has 0 aromatic heterocycles. The van der Waals surface area contributed by atoms with Crippen LogP contribution in [-0.2, 0) is 19.9 Å². The first-order valence-electron chi connectivity index (χ1n) is 5.26. The molecule has 1 aromatic carbocycles. The number of anilines is 1. The Balaban J connectivity index is 3.19. The molecular formula is C10H16N2O4S3. The number of nitrogen functional groups attached to an aromatic ring is 1. The van der Waals surface area contributed by atoms with Crippen LogP contribution in [0.4, 0.5) is 5.69 Å². The Kier molecular flexibility index (Phi) is 5.25. The Bertz CT molecular complexity index is 653. The number of rotatable bonds is 6. The Morgan fingerprint density at radius 3 is 2.42 bits per heavy atom. The third kappa shape index (κ3) is 4.37. The van der Waals surface area contributed by atoms with Crippen molar-refractivity contribution in [2.75, 3.05) is 30.5 Å². The molecule has 0 atom stereocenters. The standard InChI is InChI=1S/C10H16N2O4S3/c1-17-6-5-12-19(15,16)10-7-8(18(2,13)14)3-4-9(10)11/h3-4,7,12H,5-6,11H2,1-2H3. The highest BCUT2D eigenvalue weighted by Crippen LogP contribution is 2.22. The minimum absolute atomic E-state index is 0.0176. The Morgan fingerprint density at radius 2 is 1.89 bits per heavy atom. The van der Waals surface area contributed by atoms with Gasteiger partial charge in [-0.15, -0.1) is 0 Å². The molecule has 0 aliphatic heterocycles. The molecule has 1 rings (SSSR count). The fraction of sp³-hybridized carbons (Fsp3) is 0.400. The fourth-order valence-corrected chi connectivity index (χ4v) is 3.68. The average Bonchev–Trinajstić information content (AvgIpc) is 2.27. The highest BCUT2D eigenvalue weighted by molar-refractivity contribution is 7.98. The molecule has 19 heavy (non-hydrogen) atoms. The maximum Gasteiger partial charge on any atom is 0.242 e. The highest BCUT2D eigenvalue weighted by Gasteiger charge is 2.19.